The van der Waals surface area contributed by atoms with E-state index in [1.165, 1.54) is 12.8 Å². The van der Waals surface area contributed by atoms with E-state index in [1.807, 2.05) is 22.3 Å². The first-order valence-electron chi connectivity index (χ1n) is 1.57. The molecule has 1 fully saturated rings. The molecule has 0 spiro atoms. The van der Waals surface area contributed by atoms with E-state index in [-0.39, 0.29) is 0 Å². The molecule has 0 atom stereocenters. The fraction of sp³-hybridized carbons (Fsp3) is 1.00. The van der Waals surface area contributed by atoms with Crippen LogP contribution in [-0.2, 0) is 0 Å². The Kier molecular flexibility index (Phi) is 0.659. The monoisotopic (exact) mass is 172 g/mol. The summed E-state index contributed by atoms with van der Waals surface area (Å²) in [7, 11) is 0. The van der Waals surface area contributed by atoms with Crippen LogP contribution >= 0.6 is 0 Å². The summed E-state index contributed by atoms with van der Waals surface area (Å²) in [5, 5.41) is 0. The zero-order valence-electron chi connectivity index (χ0n) is 2.44. The van der Waals surface area contributed by atoms with Crippen LogP contribution in [0.5, 0.6) is 0 Å². The molecular weight excluding hydrogens is 164 g/mol. The average molecular weight is 170 g/mol. The van der Waals surface area contributed by atoms with Crippen molar-refractivity contribution in [1.82, 2.24) is 0 Å². The first-order valence-corrected chi connectivity index (χ1v) is 3.05. The number of rotatable bonds is 0. The molecule has 0 bridgehead atoms. The van der Waals surface area contributed by atoms with Crippen molar-refractivity contribution in [2.45, 2.75) is 16.8 Å². The summed E-state index contributed by atoms with van der Waals surface area (Å²) in [6.07, 6.45) is 3.02. The Balaban J connectivity index is 2.17. The molecule has 0 saturated heterocycles. The van der Waals surface area contributed by atoms with E-state index in [4.69, 9.17) is 0 Å². The Hall–Kier alpha value is 0.790. The Labute approximate surface area is 39.5 Å². The van der Waals surface area contributed by atoms with E-state index in [1.54, 1.807) is 0 Å². The second-order valence-corrected chi connectivity index (χ2v) is 3.32. The van der Waals surface area contributed by atoms with Gasteiger partial charge in [-0.1, -0.05) is 0 Å². The summed E-state index contributed by atoms with van der Waals surface area (Å²) >= 11 is 1.98. The molecule has 1 aliphatic rings. The number of hydrogen-bond donors (Lipinski definition) is 0. The van der Waals surface area contributed by atoms with Crippen LogP contribution in [0, 0.1) is 0 Å². The summed E-state index contributed by atoms with van der Waals surface area (Å²) < 4.78 is 1.13. The molecule has 0 N–H and O–H groups in total. The van der Waals surface area contributed by atoms with Gasteiger partial charge in [-0.15, -0.1) is 0 Å². The SMILES string of the molecule is [TeH]C1CC1. The van der Waals surface area contributed by atoms with Crippen LogP contribution in [0.25, 0.3) is 0 Å². The van der Waals surface area contributed by atoms with E-state index in [0.29, 0.717) is 0 Å². The predicted molar refractivity (Wildman–Crippen MR) is 20.1 cm³/mol. The molecule has 0 aromatic rings. The topological polar surface area (TPSA) is 0 Å². The van der Waals surface area contributed by atoms with Gasteiger partial charge in [0.1, 0.15) is 0 Å². The Morgan fingerprint density at radius 3 is 1.75 bits per heavy atom. The molecule has 0 aromatic carbocycles. The zero-order valence-corrected chi connectivity index (χ0v) is 4.99. The van der Waals surface area contributed by atoms with Gasteiger partial charge in [0.25, 0.3) is 0 Å². The molecular formula is C3H6Te. The molecule has 0 aromatic heterocycles. The third-order valence-corrected chi connectivity index (χ3v) is 2.02. The van der Waals surface area contributed by atoms with E-state index >= 15 is 0 Å². The van der Waals surface area contributed by atoms with Gasteiger partial charge in [-0.2, -0.15) is 0 Å². The van der Waals surface area contributed by atoms with Crippen molar-refractivity contribution >= 4 is 22.3 Å². The van der Waals surface area contributed by atoms with E-state index in [2.05, 4.69) is 0 Å². The molecule has 0 amide bonds. The van der Waals surface area contributed by atoms with Crippen molar-refractivity contribution in [2.75, 3.05) is 0 Å². The van der Waals surface area contributed by atoms with Crippen LogP contribution in [0.1, 0.15) is 12.8 Å². The molecule has 0 aliphatic heterocycles. The first kappa shape index (κ1) is 3.00. The van der Waals surface area contributed by atoms with E-state index in [9.17, 15) is 0 Å². The summed E-state index contributed by atoms with van der Waals surface area (Å²) in [6.45, 7) is 0. The van der Waals surface area contributed by atoms with Crippen molar-refractivity contribution < 1.29 is 0 Å². The fourth-order valence-corrected chi connectivity index (χ4v) is 0.500. The van der Waals surface area contributed by atoms with Crippen LogP contribution in [0.3, 0.4) is 0 Å². The van der Waals surface area contributed by atoms with Gasteiger partial charge >= 0.3 is 39.1 Å². The summed E-state index contributed by atoms with van der Waals surface area (Å²) in [5.41, 5.74) is 0. The Bertz CT molecular complexity index is 22.5. The maximum atomic E-state index is 1.98. The van der Waals surface area contributed by atoms with Crippen molar-refractivity contribution in [1.29, 1.82) is 0 Å². The third-order valence-electron chi connectivity index (χ3n) is 0.547. The molecule has 1 saturated carbocycles. The van der Waals surface area contributed by atoms with Crippen LogP contribution < -0.4 is 0 Å². The van der Waals surface area contributed by atoms with Gasteiger partial charge < -0.3 is 0 Å². The van der Waals surface area contributed by atoms with Gasteiger partial charge in [-0.3, -0.25) is 0 Å². The van der Waals surface area contributed by atoms with Gasteiger partial charge in [0, 0.05) is 0 Å². The second kappa shape index (κ2) is 0.880. The van der Waals surface area contributed by atoms with Crippen molar-refractivity contribution in [3.63, 3.8) is 0 Å². The summed E-state index contributed by atoms with van der Waals surface area (Å²) in [5.74, 6) is 0. The molecule has 1 rings (SSSR count). The van der Waals surface area contributed by atoms with Gasteiger partial charge in [-0.25, -0.2) is 0 Å². The van der Waals surface area contributed by atoms with Crippen molar-refractivity contribution in [2.24, 2.45) is 0 Å². The first-order chi connectivity index (χ1) is 1.89. The molecule has 4 heavy (non-hydrogen) atoms. The Morgan fingerprint density at radius 1 is 1.50 bits per heavy atom. The maximum absolute atomic E-state index is 1.98. The standard InChI is InChI=1S/C3H6Te/c4-3-1-2-3/h3-4H,1-2H2. The van der Waals surface area contributed by atoms with Crippen LogP contribution in [-0.4, -0.2) is 22.3 Å². The second-order valence-electron chi connectivity index (χ2n) is 1.23. The minimum absolute atomic E-state index is 1.13. The molecule has 0 nitrogen and oxygen atoms in total. The quantitative estimate of drug-likeness (QED) is 0.463. The third kappa shape index (κ3) is 0.622. The zero-order chi connectivity index (χ0) is 2.99. The molecule has 1 heteroatoms. The molecule has 0 heterocycles. The molecule has 24 valence electrons. The predicted octanol–water partition coefficient (Wildman–Crippen LogP) is 0.469. The van der Waals surface area contributed by atoms with E-state index in [0.717, 1.165) is 3.97 Å². The Morgan fingerprint density at radius 2 is 1.75 bits per heavy atom. The normalized spacial score (nSPS) is 26.2. The van der Waals surface area contributed by atoms with E-state index < -0.39 is 0 Å². The van der Waals surface area contributed by atoms with Crippen molar-refractivity contribution in [3.05, 3.63) is 0 Å². The summed E-state index contributed by atoms with van der Waals surface area (Å²) in [6, 6.07) is 0. The van der Waals surface area contributed by atoms with Crippen LogP contribution in [0.4, 0.5) is 0 Å². The van der Waals surface area contributed by atoms with Crippen molar-refractivity contribution in [3.8, 4) is 0 Å². The minimum atomic E-state index is 1.13. The molecule has 0 unspecified atom stereocenters. The van der Waals surface area contributed by atoms with Gasteiger partial charge in [0.15, 0.2) is 0 Å². The van der Waals surface area contributed by atoms with Gasteiger partial charge in [0.05, 0.1) is 0 Å². The fourth-order valence-electron chi connectivity index (χ4n) is 0.0745. The molecule has 0 radical (unpaired) electrons. The summed E-state index contributed by atoms with van der Waals surface area (Å²) in [4.78, 5) is 0. The van der Waals surface area contributed by atoms with Gasteiger partial charge in [0.2, 0.25) is 0 Å². The van der Waals surface area contributed by atoms with Gasteiger partial charge in [-0.05, 0) is 0 Å². The average Bonchev–Trinajstić information content (AvgIpc) is 1.75. The van der Waals surface area contributed by atoms with Crippen LogP contribution in [0.15, 0.2) is 0 Å². The number of hydrogen-bond acceptors (Lipinski definition) is 0. The van der Waals surface area contributed by atoms with Crippen LogP contribution in [0.2, 0.25) is 3.97 Å². The molecule has 1 aliphatic carbocycles.